The molecule has 1 aliphatic rings. The van der Waals surface area contributed by atoms with E-state index in [1.807, 2.05) is 24.0 Å². The molecule has 2 N–H and O–H groups in total. The van der Waals surface area contributed by atoms with Crippen LogP contribution in [0.15, 0.2) is 17.4 Å². The number of hydrogen-bond acceptors (Lipinski definition) is 3. The molecular weight excluding hydrogens is 381 g/mol. The Kier molecular flexibility index (Phi) is 8.02. The summed E-state index contributed by atoms with van der Waals surface area (Å²) >= 11 is 0. The van der Waals surface area contributed by atoms with Gasteiger partial charge in [0.05, 0.1) is 25.4 Å². The highest BCUT2D eigenvalue weighted by atomic mass is 127. The third kappa shape index (κ3) is 5.82. The Labute approximate surface area is 143 Å². The molecule has 0 atom stereocenters. The summed E-state index contributed by atoms with van der Waals surface area (Å²) in [6.07, 6.45) is 5.38. The van der Waals surface area contributed by atoms with Crippen LogP contribution in [-0.4, -0.2) is 58.0 Å². The van der Waals surface area contributed by atoms with Gasteiger partial charge in [0, 0.05) is 25.8 Å². The van der Waals surface area contributed by atoms with Crippen molar-refractivity contribution in [2.24, 2.45) is 4.99 Å². The third-order valence-corrected chi connectivity index (χ3v) is 3.45. The minimum absolute atomic E-state index is 0. The van der Waals surface area contributed by atoms with Crippen LogP contribution in [0.2, 0.25) is 0 Å². The van der Waals surface area contributed by atoms with Crippen LogP contribution < -0.4 is 5.32 Å². The van der Waals surface area contributed by atoms with Gasteiger partial charge in [0.15, 0.2) is 5.96 Å². The summed E-state index contributed by atoms with van der Waals surface area (Å²) in [4.78, 5) is 6.88. The van der Waals surface area contributed by atoms with Gasteiger partial charge in [-0.05, 0) is 32.3 Å². The molecule has 7 heteroatoms. The van der Waals surface area contributed by atoms with E-state index in [0.29, 0.717) is 6.54 Å². The maximum absolute atomic E-state index is 9.57. The van der Waals surface area contributed by atoms with Crippen LogP contribution >= 0.6 is 24.0 Å². The summed E-state index contributed by atoms with van der Waals surface area (Å²) in [7, 11) is 0. The van der Waals surface area contributed by atoms with Gasteiger partial charge in [0.1, 0.15) is 0 Å². The first-order valence-electron chi connectivity index (χ1n) is 7.39. The molecule has 2 heterocycles. The Hall–Kier alpha value is -0.830. The summed E-state index contributed by atoms with van der Waals surface area (Å²) in [5.41, 5.74) is 1.17. The first kappa shape index (κ1) is 18.2. The van der Waals surface area contributed by atoms with Gasteiger partial charge in [-0.3, -0.25) is 9.67 Å². The smallest absolute Gasteiger partial charge is 0.193 e. The Balaban J connectivity index is 0.00000220. The van der Waals surface area contributed by atoms with Gasteiger partial charge in [0.25, 0.3) is 0 Å². The van der Waals surface area contributed by atoms with Gasteiger partial charge in [-0.25, -0.2) is 0 Å². The molecule has 120 valence electrons. The van der Waals surface area contributed by atoms with Crippen molar-refractivity contribution in [3.63, 3.8) is 0 Å². The predicted molar refractivity (Wildman–Crippen MR) is 95.2 cm³/mol. The minimum Gasteiger partial charge on any atom is -0.393 e. The van der Waals surface area contributed by atoms with Crippen molar-refractivity contribution in [3.05, 3.63) is 18.0 Å². The summed E-state index contributed by atoms with van der Waals surface area (Å²) in [5.74, 6) is 0.947. The number of rotatable bonds is 4. The quantitative estimate of drug-likeness (QED) is 0.448. The van der Waals surface area contributed by atoms with E-state index < -0.39 is 0 Å². The molecule has 0 amide bonds. The van der Waals surface area contributed by atoms with Crippen LogP contribution in [-0.2, 0) is 6.54 Å². The number of aromatic nitrogens is 2. The molecule has 0 saturated carbocycles. The molecule has 0 bridgehead atoms. The molecule has 1 aromatic rings. The molecule has 0 spiro atoms. The zero-order valence-electron chi connectivity index (χ0n) is 12.8. The monoisotopic (exact) mass is 407 g/mol. The van der Waals surface area contributed by atoms with E-state index in [0.717, 1.165) is 45.0 Å². The van der Waals surface area contributed by atoms with Crippen molar-refractivity contribution in [1.82, 2.24) is 20.0 Å². The zero-order valence-corrected chi connectivity index (χ0v) is 15.2. The van der Waals surface area contributed by atoms with Gasteiger partial charge in [0.2, 0.25) is 0 Å². The molecule has 6 nitrogen and oxygen atoms in total. The Bertz CT molecular complexity index is 440. The molecule has 1 saturated heterocycles. The van der Waals surface area contributed by atoms with Crippen molar-refractivity contribution >= 4 is 29.9 Å². The Morgan fingerprint density at radius 3 is 2.76 bits per heavy atom. The first-order chi connectivity index (χ1) is 9.69. The van der Waals surface area contributed by atoms with E-state index in [9.17, 15) is 5.11 Å². The van der Waals surface area contributed by atoms with Crippen LogP contribution in [0, 0.1) is 6.92 Å². The Morgan fingerprint density at radius 2 is 2.19 bits per heavy atom. The molecule has 1 fully saturated rings. The van der Waals surface area contributed by atoms with Gasteiger partial charge < -0.3 is 15.3 Å². The minimum atomic E-state index is -0.152. The van der Waals surface area contributed by atoms with Gasteiger partial charge in [-0.2, -0.15) is 5.10 Å². The maximum atomic E-state index is 9.57. The largest absolute Gasteiger partial charge is 0.393 e. The second-order valence-corrected chi connectivity index (χ2v) is 5.23. The van der Waals surface area contributed by atoms with Crippen molar-refractivity contribution in [3.8, 4) is 0 Å². The first-order valence-corrected chi connectivity index (χ1v) is 7.39. The number of nitrogens with one attached hydrogen (secondary N) is 1. The van der Waals surface area contributed by atoms with E-state index in [-0.39, 0.29) is 30.1 Å². The van der Waals surface area contributed by atoms with Crippen molar-refractivity contribution < 1.29 is 5.11 Å². The lowest BCUT2D eigenvalue weighted by atomic mass is 10.1. The fourth-order valence-corrected chi connectivity index (χ4v) is 2.35. The molecule has 0 unspecified atom stereocenters. The second-order valence-electron chi connectivity index (χ2n) is 5.23. The highest BCUT2D eigenvalue weighted by molar-refractivity contribution is 14.0. The molecular formula is C14H26IN5O. The highest BCUT2D eigenvalue weighted by Gasteiger charge is 2.19. The van der Waals surface area contributed by atoms with Crippen molar-refractivity contribution in [2.75, 3.05) is 26.2 Å². The van der Waals surface area contributed by atoms with Crippen LogP contribution in [0.1, 0.15) is 25.3 Å². The molecule has 2 rings (SSSR count). The average Bonchev–Trinajstić information content (AvgIpc) is 2.84. The normalized spacial score (nSPS) is 16.7. The standard InChI is InChI=1S/C14H25N5O.HI/c1-3-15-14(18-7-4-13(20)5-8-18)16-6-9-19-11-12(2)10-17-19;/h10-11,13,20H,3-9H2,1-2H3,(H,15,16);1H. The number of likely N-dealkylation sites (tertiary alicyclic amines) is 1. The number of aliphatic hydroxyl groups excluding tert-OH is 1. The fourth-order valence-electron chi connectivity index (χ4n) is 2.35. The predicted octanol–water partition coefficient (Wildman–Crippen LogP) is 1.23. The van der Waals surface area contributed by atoms with Crippen molar-refractivity contribution in [1.29, 1.82) is 0 Å². The molecule has 1 aliphatic heterocycles. The Morgan fingerprint density at radius 1 is 1.48 bits per heavy atom. The summed E-state index contributed by atoms with van der Waals surface area (Å²) < 4.78 is 1.92. The van der Waals surface area contributed by atoms with Gasteiger partial charge in [-0.15, -0.1) is 24.0 Å². The average molecular weight is 407 g/mol. The number of aliphatic hydroxyl groups is 1. The number of nitrogens with zero attached hydrogens (tertiary/aromatic N) is 4. The number of hydrogen-bond donors (Lipinski definition) is 2. The van der Waals surface area contributed by atoms with E-state index >= 15 is 0 Å². The number of aliphatic imine (C=N–C) groups is 1. The number of guanidine groups is 1. The van der Waals surface area contributed by atoms with Crippen LogP contribution in [0.3, 0.4) is 0 Å². The summed E-state index contributed by atoms with van der Waals surface area (Å²) in [6, 6.07) is 0. The highest BCUT2D eigenvalue weighted by Crippen LogP contribution is 2.09. The van der Waals surface area contributed by atoms with Crippen LogP contribution in [0.4, 0.5) is 0 Å². The third-order valence-electron chi connectivity index (χ3n) is 3.45. The number of aryl methyl sites for hydroxylation is 1. The topological polar surface area (TPSA) is 65.7 Å². The number of piperidine rings is 1. The van der Waals surface area contributed by atoms with E-state index in [1.54, 1.807) is 0 Å². The fraction of sp³-hybridized carbons (Fsp3) is 0.714. The summed E-state index contributed by atoms with van der Waals surface area (Å²) in [5, 5.41) is 17.2. The number of halogens is 1. The summed E-state index contributed by atoms with van der Waals surface area (Å²) in [6.45, 7) is 8.21. The zero-order chi connectivity index (χ0) is 14.4. The van der Waals surface area contributed by atoms with Crippen LogP contribution in [0.25, 0.3) is 0 Å². The lowest BCUT2D eigenvalue weighted by molar-refractivity contribution is 0.108. The maximum Gasteiger partial charge on any atom is 0.193 e. The van der Waals surface area contributed by atoms with Gasteiger partial charge in [-0.1, -0.05) is 0 Å². The molecule has 1 aromatic heterocycles. The molecule has 21 heavy (non-hydrogen) atoms. The lowest BCUT2D eigenvalue weighted by Gasteiger charge is -2.32. The second kappa shape index (κ2) is 9.24. The molecule has 0 radical (unpaired) electrons. The molecule has 0 aromatic carbocycles. The lowest BCUT2D eigenvalue weighted by Crippen LogP contribution is -2.46. The van der Waals surface area contributed by atoms with Gasteiger partial charge >= 0.3 is 0 Å². The van der Waals surface area contributed by atoms with Crippen molar-refractivity contribution in [2.45, 2.75) is 39.3 Å². The SMILES string of the molecule is CCNC(=NCCn1cc(C)cn1)N1CCC(O)CC1.I. The van der Waals surface area contributed by atoms with E-state index in [1.165, 1.54) is 5.56 Å². The van der Waals surface area contributed by atoms with E-state index in [2.05, 4.69) is 27.2 Å². The molecule has 0 aliphatic carbocycles. The van der Waals surface area contributed by atoms with Crippen LogP contribution in [0.5, 0.6) is 0 Å². The van der Waals surface area contributed by atoms with E-state index in [4.69, 9.17) is 0 Å².